The van der Waals surface area contributed by atoms with Crippen LogP contribution < -0.4 is 10.9 Å². The van der Waals surface area contributed by atoms with Crippen molar-refractivity contribution in [3.05, 3.63) is 23.2 Å². The third-order valence-corrected chi connectivity index (χ3v) is 2.75. The summed E-state index contributed by atoms with van der Waals surface area (Å²) in [6.07, 6.45) is 0. The highest BCUT2D eigenvalue weighted by atomic mass is 35.5. The normalized spacial score (nSPS) is 11.4. The lowest BCUT2D eigenvalue weighted by Crippen LogP contribution is -2.25. The van der Waals surface area contributed by atoms with Crippen LogP contribution in [-0.2, 0) is 10.1 Å². The average Bonchev–Trinajstić information content (AvgIpc) is 2.01. The standard InChI is InChI=1S/C7H9ClN2O3S/c1-10(9)7-3-2-5(4-6(7)8)14(11,12)13/h2-4H,9H2,1H3,(H,11,12,13). The van der Waals surface area contributed by atoms with Gasteiger partial charge in [-0.3, -0.25) is 4.55 Å². The zero-order valence-corrected chi connectivity index (χ0v) is 8.88. The Balaban J connectivity index is 3.27. The van der Waals surface area contributed by atoms with Crippen LogP contribution in [0.25, 0.3) is 0 Å². The van der Waals surface area contributed by atoms with Crippen LogP contribution in [0, 0.1) is 0 Å². The van der Waals surface area contributed by atoms with Crippen LogP contribution in [0.2, 0.25) is 5.02 Å². The maximum atomic E-state index is 10.7. The maximum absolute atomic E-state index is 10.7. The van der Waals surface area contributed by atoms with Gasteiger partial charge in [0.05, 0.1) is 15.6 Å². The van der Waals surface area contributed by atoms with Crippen molar-refractivity contribution in [2.24, 2.45) is 5.84 Å². The Morgan fingerprint density at radius 2 is 2.07 bits per heavy atom. The van der Waals surface area contributed by atoms with Gasteiger partial charge in [0.1, 0.15) is 0 Å². The van der Waals surface area contributed by atoms with E-state index in [2.05, 4.69) is 0 Å². The predicted molar refractivity (Wildman–Crippen MR) is 53.9 cm³/mol. The molecule has 1 aromatic rings. The molecule has 0 unspecified atom stereocenters. The van der Waals surface area contributed by atoms with E-state index in [9.17, 15) is 8.42 Å². The van der Waals surface area contributed by atoms with Crippen molar-refractivity contribution in [2.45, 2.75) is 4.90 Å². The number of anilines is 1. The maximum Gasteiger partial charge on any atom is 0.294 e. The monoisotopic (exact) mass is 236 g/mol. The van der Waals surface area contributed by atoms with Crippen molar-refractivity contribution < 1.29 is 13.0 Å². The van der Waals surface area contributed by atoms with Crippen molar-refractivity contribution in [1.82, 2.24) is 0 Å². The number of halogens is 1. The van der Waals surface area contributed by atoms with E-state index in [1.54, 1.807) is 7.05 Å². The van der Waals surface area contributed by atoms with Gasteiger partial charge < -0.3 is 5.01 Å². The number of benzene rings is 1. The van der Waals surface area contributed by atoms with Crippen molar-refractivity contribution >= 4 is 27.4 Å². The molecule has 0 aliphatic rings. The Hall–Kier alpha value is -0.820. The van der Waals surface area contributed by atoms with E-state index in [4.69, 9.17) is 22.0 Å². The molecule has 0 aromatic heterocycles. The molecular formula is C7H9ClN2O3S. The Morgan fingerprint density at radius 1 is 1.50 bits per heavy atom. The second-order valence-corrected chi connectivity index (χ2v) is 4.53. The highest BCUT2D eigenvalue weighted by molar-refractivity contribution is 7.85. The molecule has 78 valence electrons. The predicted octanol–water partition coefficient (Wildman–Crippen LogP) is 0.897. The lowest BCUT2D eigenvalue weighted by molar-refractivity contribution is 0.483. The minimum atomic E-state index is -4.21. The lowest BCUT2D eigenvalue weighted by Gasteiger charge is -2.13. The van der Waals surface area contributed by atoms with E-state index in [0.29, 0.717) is 5.69 Å². The summed E-state index contributed by atoms with van der Waals surface area (Å²) < 4.78 is 30.1. The zero-order chi connectivity index (χ0) is 10.9. The molecule has 0 aliphatic carbocycles. The molecule has 0 atom stereocenters. The number of hydrogen-bond acceptors (Lipinski definition) is 4. The van der Waals surface area contributed by atoms with Gasteiger partial charge >= 0.3 is 0 Å². The van der Waals surface area contributed by atoms with Gasteiger partial charge in [-0.2, -0.15) is 8.42 Å². The third-order valence-electron chi connectivity index (χ3n) is 1.60. The second kappa shape index (κ2) is 3.74. The smallest absolute Gasteiger partial charge is 0.294 e. The van der Waals surface area contributed by atoms with E-state index in [0.717, 1.165) is 6.07 Å². The van der Waals surface area contributed by atoms with Crippen LogP contribution >= 0.6 is 11.6 Å². The molecule has 0 aliphatic heterocycles. The summed E-state index contributed by atoms with van der Waals surface area (Å²) in [6.45, 7) is 0. The van der Waals surface area contributed by atoms with Gasteiger partial charge in [0.2, 0.25) is 0 Å². The number of nitrogens with two attached hydrogens (primary N) is 1. The van der Waals surface area contributed by atoms with Gasteiger partial charge in [-0.05, 0) is 18.2 Å². The minimum absolute atomic E-state index is 0.158. The molecule has 7 heteroatoms. The molecule has 3 N–H and O–H groups in total. The molecule has 0 bridgehead atoms. The molecule has 0 heterocycles. The molecule has 14 heavy (non-hydrogen) atoms. The van der Waals surface area contributed by atoms with Crippen LogP contribution in [0.1, 0.15) is 0 Å². The first-order valence-electron chi connectivity index (χ1n) is 3.58. The van der Waals surface area contributed by atoms with Gasteiger partial charge in [0, 0.05) is 7.05 Å². The first kappa shape index (κ1) is 11.3. The van der Waals surface area contributed by atoms with Gasteiger partial charge in [0.15, 0.2) is 0 Å². The fraction of sp³-hybridized carbons (Fsp3) is 0.143. The molecule has 1 rings (SSSR count). The summed E-state index contributed by atoms with van der Waals surface area (Å²) in [7, 11) is -2.65. The molecule has 0 amide bonds. The van der Waals surface area contributed by atoms with Crippen LogP contribution in [0.4, 0.5) is 5.69 Å². The molecule has 0 saturated heterocycles. The van der Waals surface area contributed by atoms with Gasteiger partial charge in [-0.1, -0.05) is 11.6 Å². The summed E-state index contributed by atoms with van der Waals surface area (Å²) >= 11 is 5.73. The van der Waals surface area contributed by atoms with Gasteiger partial charge in [-0.15, -0.1) is 0 Å². The van der Waals surface area contributed by atoms with Crippen LogP contribution in [0.3, 0.4) is 0 Å². The SMILES string of the molecule is CN(N)c1ccc(S(=O)(=O)O)cc1Cl. The van der Waals surface area contributed by atoms with Crippen molar-refractivity contribution in [3.63, 3.8) is 0 Å². The Morgan fingerprint density at radius 3 is 2.43 bits per heavy atom. The number of nitrogens with zero attached hydrogens (tertiary/aromatic N) is 1. The fourth-order valence-electron chi connectivity index (χ4n) is 0.934. The summed E-state index contributed by atoms with van der Waals surface area (Å²) in [5.41, 5.74) is 0.471. The van der Waals surface area contributed by atoms with E-state index in [1.807, 2.05) is 0 Å². The Kier molecular flexibility index (Phi) is 3.01. The number of rotatable bonds is 2. The highest BCUT2D eigenvalue weighted by Gasteiger charge is 2.12. The molecule has 5 nitrogen and oxygen atoms in total. The van der Waals surface area contributed by atoms with Crippen LogP contribution in [0.15, 0.2) is 23.1 Å². The topological polar surface area (TPSA) is 83.6 Å². The number of hydrazine groups is 1. The van der Waals surface area contributed by atoms with Gasteiger partial charge in [-0.25, -0.2) is 5.84 Å². The second-order valence-electron chi connectivity index (χ2n) is 2.70. The summed E-state index contributed by atoms with van der Waals surface area (Å²) in [4.78, 5) is -0.256. The van der Waals surface area contributed by atoms with Crippen molar-refractivity contribution in [2.75, 3.05) is 12.1 Å². The van der Waals surface area contributed by atoms with Crippen LogP contribution in [0.5, 0.6) is 0 Å². The van der Waals surface area contributed by atoms with Crippen molar-refractivity contribution in [3.8, 4) is 0 Å². The summed E-state index contributed by atoms with van der Waals surface area (Å²) in [6, 6.07) is 3.76. The summed E-state index contributed by atoms with van der Waals surface area (Å²) in [5.74, 6) is 5.41. The number of hydrogen-bond donors (Lipinski definition) is 2. The minimum Gasteiger partial charge on any atom is -0.313 e. The zero-order valence-electron chi connectivity index (χ0n) is 7.31. The molecule has 0 radical (unpaired) electrons. The Labute approximate surface area is 86.8 Å². The average molecular weight is 237 g/mol. The third kappa shape index (κ3) is 2.36. The van der Waals surface area contributed by atoms with E-state index in [-0.39, 0.29) is 9.92 Å². The molecule has 1 aromatic carbocycles. The first-order chi connectivity index (χ1) is 6.32. The quantitative estimate of drug-likeness (QED) is 0.453. The molecular weight excluding hydrogens is 228 g/mol. The lowest BCUT2D eigenvalue weighted by atomic mass is 10.3. The van der Waals surface area contributed by atoms with Crippen molar-refractivity contribution in [1.29, 1.82) is 0 Å². The van der Waals surface area contributed by atoms with E-state index in [1.165, 1.54) is 17.1 Å². The van der Waals surface area contributed by atoms with E-state index >= 15 is 0 Å². The van der Waals surface area contributed by atoms with E-state index < -0.39 is 10.1 Å². The molecule has 0 saturated carbocycles. The summed E-state index contributed by atoms with van der Waals surface area (Å²) in [5, 5.41) is 1.40. The molecule has 0 fully saturated rings. The first-order valence-corrected chi connectivity index (χ1v) is 5.39. The fourth-order valence-corrected chi connectivity index (χ4v) is 1.82. The molecule has 0 spiro atoms. The Bertz CT molecular complexity index is 444. The van der Waals surface area contributed by atoms with Crippen LogP contribution in [-0.4, -0.2) is 20.0 Å². The largest absolute Gasteiger partial charge is 0.313 e. The van der Waals surface area contributed by atoms with Gasteiger partial charge in [0.25, 0.3) is 10.1 Å². The highest BCUT2D eigenvalue weighted by Crippen LogP contribution is 2.26.